The number of unbranched alkanes of at least 4 members (excludes halogenated alkanes) is 2. The molecule has 0 aliphatic carbocycles. The van der Waals surface area contributed by atoms with E-state index in [-0.39, 0.29) is 16.7 Å². The highest BCUT2D eigenvalue weighted by atomic mass is 32.2. The highest BCUT2D eigenvalue weighted by Crippen LogP contribution is 2.27. The zero-order valence-electron chi connectivity index (χ0n) is 19.0. The minimum atomic E-state index is -0.317. The number of para-hydroxylation sites is 2. The minimum absolute atomic E-state index is 0.0589. The molecule has 6 rings (SSSR count). The van der Waals surface area contributed by atoms with E-state index in [1.165, 1.54) is 11.8 Å². The molecule has 0 spiro atoms. The molecule has 0 aliphatic heterocycles. The molecule has 4 heterocycles. The first kappa shape index (κ1) is 21.6. The second-order valence-corrected chi connectivity index (χ2v) is 9.32. The molecule has 1 N–H and O–H groups in total. The van der Waals surface area contributed by atoms with Gasteiger partial charge in [-0.3, -0.25) is 18.6 Å². The van der Waals surface area contributed by atoms with Crippen LogP contribution in [0.2, 0.25) is 0 Å². The predicted octanol–water partition coefficient (Wildman–Crippen LogP) is 4.51. The maximum absolute atomic E-state index is 13.2. The molecule has 10 heteroatoms. The molecule has 0 amide bonds. The van der Waals surface area contributed by atoms with Crippen molar-refractivity contribution in [2.75, 3.05) is 0 Å². The van der Waals surface area contributed by atoms with Crippen molar-refractivity contribution in [1.82, 2.24) is 29.1 Å². The molecule has 9 nitrogen and oxygen atoms in total. The Bertz CT molecular complexity index is 1830. The molecule has 4 aromatic heterocycles. The van der Waals surface area contributed by atoms with Gasteiger partial charge >= 0.3 is 0 Å². The largest absolute Gasteiger partial charge is 0.449 e. The molecule has 0 bridgehead atoms. The van der Waals surface area contributed by atoms with Gasteiger partial charge in [0.15, 0.2) is 5.16 Å². The zero-order chi connectivity index (χ0) is 23.9. The van der Waals surface area contributed by atoms with Gasteiger partial charge in [-0.15, -0.1) is 10.2 Å². The van der Waals surface area contributed by atoms with Gasteiger partial charge in [0.05, 0.1) is 16.7 Å². The van der Waals surface area contributed by atoms with Crippen molar-refractivity contribution in [2.45, 2.75) is 43.6 Å². The second-order valence-electron chi connectivity index (χ2n) is 8.38. The van der Waals surface area contributed by atoms with E-state index in [0.717, 1.165) is 30.2 Å². The van der Waals surface area contributed by atoms with Crippen molar-refractivity contribution in [3.05, 3.63) is 75.1 Å². The highest BCUT2D eigenvalue weighted by Gasteiger charge is 2.18. The summed E-state index contributed by atoms with van der Waals surface area (Å²) in [6.07, 6.45) is 2.99. The van der Waals surface area contributed by atoms with Crippen LogP contribution < -0.4 is 11.1 Å². The lowest BCUT2D eigenvalue weighted by molar-refractivity contribution is 0.594. The van der Waals surface area contributed by atoms with Gasteiger partial charge in [-0.2, -0.15) is 0 Å². The Morgan fingerprint density at radius 2 is 1.80 bits per heavy atom. The predicted molar refractivity (Wildman–Crippen MR) is 136 cm³/mol. The molecule has 6 aromatic rings. The summed E-state index contributed by atoms with van der Waals surface area (Å²) in [4.78, 5) is 33.3. The van der Waals surface area contributed by atoms with Crippen LogP contribution in [0.5, 0.6) is 0 Å². The van der Waals surface area contributed by atoms with Crippen LogP contribution in [-0.4, -0.2) is 29.1 Å². The SMILES string of the molecule is CCCCCn1c(=O)c2ccccc2n2c(SCc3nc4c(oc5ccccc54)c(=O)[nH]3)nnc12. The molecule has 176 valence electrons. The van der Waals surface area contributed by atoms with E-state index >= 15 is 0 Å². The van der Waals surface area contributed by atoms with Crippen LogP contribution in [0.15, 0.2) is 67.7 Å². The fraction of sp³-hybridized carbons (Fsp3) is 0.240. The fourth-order valence-corrected chi connectivity index (χ4v) is 5.21. The number of aryl methyl sites for hydroxylation is 1. The lowest BCUT2D eigenvalue weighted by Crippen LogP contribution is -2.23. The number of hydrogen-bond acceptors (Lipinski definition) is 7. The number of aromatic nitrogens is 6. The van der Waals surface area contributed by atoms with Gasteiger partial charge in [0, 0.05) is 11.9 Å². The lowest BCUT2D eigenvalue weighted by Gasteiger charge is -2.11. The zero-order valence-corrected chi connectivity index (χ0v) is 19.8. The Morgan fingerprint density at radius 3 is 2.66 bits per heavy atom. The van der Waals surface area contributed by atoms with Crippen molar-refractivity contribution < 1.29 is 4.42 Å². The summed E-state index contributed by atoms with van der Waals surface area (Å²) in [7, 11) is 0. The van der Waals surface area contributed by atoms with Gasteiger partial charge in [0.2, 0.25) is 11.4 Å². The summed E-state index contributed by atoms with van der Waals surface area (Å²) < 4.78 is 9.31. The Balaban J connectivity index is 1.42. The van der Waals surface area contributed by atoms with Crippen molar-refractivity contribution in [1.29, 1.82) is 0 Å². The van der Waals surface area contributed by atoms with E-state index in [1.54, 1.807) is 4.57 Å². The molecule has 35 heavy (non-hydrogen) atoms. The van der Waals surface area contributed by atoms with Crippen LogP contribution >= 0.6 is 11.8 Å². The quantitative estimate of drug-likeness (QED) is 0.261. The summed E-state index contributed by atoms with van der Waals surface area (Å²) in [5.41, 5.74) is 1.77. The Morgan fingerprint density at radius 1 is 1.00 bits per heavy atom. The van der Waals surface area contributed by atoms with Crippen molar-refractivity contribution in [3.8, 4) is 0 Å². The Hall–Kier alpha value is -3.92. The standard InChI is InChI=1S/C25H22N6O3S/c1-2-3-8-13-30-23(33)15-9-4-6-11-17(15)31-24(30)28-29-25(31)35-14-19-26-20-16-10-5-7-12-18(16)34-21(20)22(32)27-19/h4-7,9-12H,2-3,8,13-14H2,1H3,(H,26,27,32). The average Bonchev–Trinajstić information content (AvgIpc) is 3.47. The third-order valence-corrected chi connectivity index (χ3v) is 7.02. The van der Waals surface area contributed by atoms with Gasteiger partial charge in [0.25, 0.3) is 11.1 Å². The molecule has 0 saturated carbocycles. The number of nitrogens with one attached hydrogen (secondary N) is 1. The molecule has 0 aliphatic rings. The normalized spacial score (nSPS) is 11.9. The number of H-pyrrole nitrogens is 1. The van der Waals surface area contributed by atoms with Gasteiger partial charge in [-0.25, -0.2) is 4.98 Å². The van der Waals surface area contributed by atoms with Crippen LogP contribution in [0.3, 0.4) is 0 Å². The monoisotopic (exact) mass is 486 g/mol. The number of nitrogens with zero attached hydrogens (tertiary/aromatic N) is 5. The summed E-state index contributed by atoms with van der Waals surface area (Å²) in [5.74, 6) is 1.40. The maximum atomic E-state index is 13.2. The van der Waals surface area contributed by atoms with Crippen LogP contribution in [0.25, 0.3) is 38.7 Å². The van der Waals surface area contributed by atoms with E-state index < -0.39 is 0 Å². The average molecular weight is 487 g/mol. The Kier molecular flexibility index (Phi) is 5.37. The summed E-state index contributed by atoms with van der Waals surface area (Å²) in [6, 6.07) is 15.0. The Labute approximate surface area is 202 Å². The van der Waals surface area contributed by atoms with E-state index in [1.807, 2.05) is 52.9 Å². The topological polar surface area (TPSA) is 111 Å². The van der Waals surface area contributed by atoms with Gasteiger partial charge < -0.3 is 9.40 Å². The third-order valence-electron chi connectivity index (χ3n) is 6.08. The number of rotatable bonds is 7. The summed E-state index contributed by atoms with van der Waals surface area (Å²) in [6.45, 7) is 2.72. The highest BCUT2D eigenvalue weighted by molar-refractivity contribution is 7.98. The van der Waals surface area contributed by atoms with Gasteiger partial charge in [-0.1, -0.05) is 55.8 Å². The van der Waals surface area contributed by atoms with E-state index in [4.69, 9.17) is 4.42 Å². The number of fused-ring (bicyclic) bond motifs is 6. The molecular weight excluding hydrogens is 464 g/mol. The lowest BCUT2D eigenvalue weighted by atomic mass is 10.2. The minimum Gasteiger partial charge on any atom is -0.449 e. The summed E-state index contributed by atoms with van der Waals surface area (Å²) in [5, 5.41) is 10.8. The van der Waals surface area contributed by atoms with Crippen LogP contribution in [-0.2, 0) is 12.3 Å². The smallest absolute Gasteiger partial charge is 0.294 e. The van der Waals surface area contributed by atoms with E-state index in [0.29, 0.717) is 45.5 Å². The number of furan rings is 1. The number of benzene rings is 2. The number of aromatic amines is 1. The molecule has 2 aromatic carbocycles. The van der Waals surface area contributed by atoms with Crippen molar-refractivity contribution >= 4 is 50.5 Å². The number of hydrogen-bond donors (Lipinski definition) is 1. The molecule has 0 radical (unpaired) electrons. The molecule has 0 atom stereocenters. The summed E-state index contributed by atoms with van der Waals surface area (Å²) >= 11 is 1.40. The molecule has 0 unspecified atom stereocenters. The van der Waals surface area contributed by atoms with Crippen LogP contribution in [0.1, 0.15) is 32.0 Å². The van der Waals surface area contributed by atoms with E-state index in [2.05, 4.69) is 27.1 Å². The van der Waals surface area contributed by atoms with Crippen LogP contribution in [0, 0.1) is 0 Å². The van der Waals surface area contributed by atoms with Crippen molar-refractivity contribution in [3.63, 3.8) is 0 Å². The fourth-order valence-electron chi connectivity index (χ4n) is 4.40. The first-order valence-electron chi connectivity index (χ1n) is 11.6. The first-order valence-corrected chi connectivity index (χ1v) is 12.5. The molecule has 0 saturated heterocycles. The van der Waals surface area contributed by atoms with E-state index in [9.17, 15) is 9.59 Å². The molecule has 0 fully saturated rings. The first-order chi connectivity index (χ1) is 17.2. The molecular formula is C25H22N6O3S. The van der Waals surface area contributed by atoms with Gasteiger partial charge in [-0.05, 0) is 30.7 Å². The van der Waals surface area contributed by atoms with Crippen LogP contribution in [0.4, 0.5) is 0 Å². The third kappa shape index (κ3) is 3.61. The van der Waals surface area contributed by atoms with Crippen molar-refractivity contribution in [2.24, 2.45) is 0 Å². The van der Waals surface area contributed by atoms with Gasteiger partial charge in [0.1, 0.15) is 16.9 Å². The number of thioether (sulfide) groups is 1. The second kappa shape index (κ2) is 8.70. The maximum Gasteiger partial charge on any atom is 0.294 e.